The van der Waals surface area contributed by atoms with Gasteiger partial charge in [0.2, 0.25) is 5.91 Å². The van der Waals surface area contributed by atoms with Crippen LogP contribution in [0.25, 0.3) is 0 Å². The SMILES string of the molecule is CC/C=C\C/C=C\C/C=C\CCCCCC(=O)NC(COC1OC(CO)C(O)C(O)C1O)C(O)/C=C/CCCCCCCC. The van der Waals surface area contributed by atoms with Gasteiger partial charge >= 0.3 is 0 Å². The monoisotopic (exact) mass is 623 g/mol. The molecule has 0 aromatic rings. The van der Waals surface area contributed by atoms with Crippen LogP contribution in [0.2, 0.25) is 0 Å². The van der Waals surface area contributed by atoms with Crippen LogP contribution in [0.1, 0.15) is 110 Å². The lowest BCUT2D eigenvalue weighted by Crippen LogP contribution is -2.60. The third-order valence-corrected chi connectivity index (χ3v) is 7.66. The van der Waals surface area contributed by atoms with Gasteiger partial charge in [0.25, 0.3) is 0 Å². The number of carbonyl (C=O) groups is 1. The summed E-state index contributed by atoms with van der Waals surface area (Å²) in [5.74, 6) is -0.214. The zero-order valence-corrected chi connectivity index (χ0v) is 27.1. The van der Waals surface area contributed by atoms with Crippen molar-refractivity contribution in [3.63, 3.8) is 0 Å². The van der Waals surface area contributed by atoms with E-state index in [-0.39, 0.29) is 12.5 Å². The number of aliphatic hydroxyl groups is 5. The van der Waals surface area contributed by atoms with Crippen molar-refractivity contribution in [3.05, 3.63) is 48.6 Å². The molecule has 1 rings (SSSR count). The maximum absolute atomic E-state index is 12.8. The van der Waals surface area contributed by atoms with Gasteiger partial charge in [-0.2, -0.15) is 0 Å². The fourth-order valence-corrected chi connectivity index (χ4v) is 4.87. The average molecular weight is 624 g/mol. The molecular weight excluding hydrogens is 562 g/mol. The van der Waals surface area contributed by atoms with Gasteiger partial charge in [0.1, 0.15) is 24.4 Å². The Balaban J connectivity index is 2.54. The van der Waals surface area contributed by atoms with Crippen molar-refractivity contribution in [2.45, 2.75) is 153 Å². The molecule has 1 aliphatic heterocycles. The number of hydrogen-bond donors (Lipinski definition) is 6. The molecular formula is C35H61NO8. The van der Waals surface area contributed by atoms with Crippen molar-refractivity contribution < 1.29 is 39.8 Å². The Bertz CT molecular complexity index is 828. The van der Waals surface area contributed by atoms with E-state index in [1.165, 1.54) is 25.7 Å². The van der Waals surface area contributed by atoms with Crippen LogP contribution >= 0.6 is 0 Å². The van der Waals surface area contributed by atoms with E-state index in [0.29, 0.717) is 12.8 Å². The highest BCUT2D eigenvalue weighted by Crippen LogP contribution is 2.22. The number of amides is 1. The lowest BCUT2D eigenvalue weighted by molar-refractivity contribution is -0.302. The fourth-order valence-electron chi connectivity index (χ4n) is 4.87. The number of allylic oxidation sites excluding steroid dienone is 7. The topological polar surface area (TPSA) is 149 Å². The predicted molar refractivity (Wildman–Crippen MR) is 175 cm³/mol. The fraction of sp³-hybridized carbons (Fsp3) is 0.743. The summed E-state index contributed by atoms with van der Waals surface area (Å²) in [5, 5.41) is 53.5. The minimum Gasteiger partial charge on any atom is -0.394 e. The average Bonchev–Trinajstić information content (AvgIpc) is 3.02. The number of carbonyl (C=O) groups excluding carboxylic acids is 1. The normalized spacial score (nSPS) is 24.2. The van der Waals surface area contributed by atoms with Gasteiger partial charge in [0.15, 0.2) is 6.29 Å². The number of rotatable bonds is 25. The number of ether oxygens (including phenoxy) is 2. The van der Waals surface area contributed by atoms with Crippen LogP contribution in [0.5, 0.6) is 0 Å². The number of aliphatic hydroxyl groups excluding tert-OH is 5. The number of nitrogens with one attached hydrogen (secondary N) is 1. The molecule has 1 fully saturated rings. The molecule has 6 N–H and O–H groups in total. The third-order valence-electron chi connectivity index (χ3n) is 7.66. The first-order chi connectivity index (χ1) is 21.3. The summed E-state index contributed by atoms with van der Waals surface area (Å²) in [5.41, 5.74) is 0. The predicted octanol–water partition coefficient (Wildman–Crippen LogP) is 4.76. The van der Waals surface area contributed by atoms with Crippen LogP contribution in [-0.2, 0) is 14.3 Å². The maximum atomic E-state index is 12.8. The van der Waals surface area contributed by atoms with Crippen LogP contribution in [0.4, 0.5) is 0 Å². The van der Waals surface area contributed by atoms with Crippen molar-refractivity contribution in [2.24, 2.45) is 0 Å². The third kappa shape index (κ3) is 18.2. The molecule has 44 heavy (non-hydrogen) atoms. The molecule has 1 amide bonds. The molecule has 0 spiro atoms. The quantitative estimate of drug-likeness (QED) is 0.0630. The second-order valence-electron chi connectivity index (χ2n) is 11.6. The second-order valence-corrected chi connectivity index (χ2v) is 11.6. The molecule has 9 nitrogen and oxygen atoms in total. The molecule has 7 atom stereocenters. The van der Waals surface area contributed by atoms with E-state index in [4.69, 9.17) is 9.47 Å². The summed E-state index contributed by atoms with van der Waals surface area (Å²) < 4.78 is 11.1. The minimum atomic E-state index is -1.57. The molecule has 0 saturated carbocycles. The Hall–Kier alpha value is -1.85. The highest BCUT2D eigenvalue weighted by Gasteiger charge is 2.44. The Labute approximate surface area is 265 Å². The van der Waals surface area contributed by atoms with Crippen LogP contribution in [0, 0.1) is 0 Å². The smallest absolute Gasteiger partial charge is 0.220 e. The molecule has 0 radical (unpaired) electrons. The van der Waals surface area contributed by atoms with Crippen LogP contribution in [0.3, 0.4) is 0 Å². The summed E-state index contributed by atoms with van der Waals surface area (Å²) in [6.07, 6.45) is 23.1. The van der Waals surface area contributed by atoms with Crippen LogP contribution in [-0.4, -0.2) is 87.5 Å². The van der Waals surface area contributed by atoms with Crippen molar-refractivity contribution in [2.75, 3.05) is 13.2 Å². The number of unbranched alkanes of at least 4 members (excludes halogenated alkanes) is 9. The highest BCUT2D eigenvalue weighted by molar-refractivity contribution is 5.76. The van der Waals surface area contributed by atoms with E-state index >= 15 is 0 Å². The van der Waals surface area contributed by atoms with Crippen LogP contribution < -0.4 is 5.32 Å². The van der Waals surface area contributed by atoms with Crippen molar-refractivity contribution in [1.29, 1.82) is 0 Å². The largest absolute Gasteiger partial charge is 0.394 e. The van der Waals surface area contributed by atoms with Crippen LogP contribution in [0.15, 0.2) is 48.6 Å². The molecule has 1 heterocycles. The van der Waals surface area contributed by atoms with Gasteiger partial charge < -0.3 is 40.3 Å². The van der Waals surface area contributed by atoms with Crippen molar-refractivity contribution in [3.8, 4) is 0 Å². The lowest BCUT2D eigenvalue weighted by atomic mass is 9.99. The second kappa shape index (κ2) is 26.4. The Kier molecular flexibility index (Phi) is 24.1. The standard InChI is InChI=1S/C35H61NO8/c1-3-5-7-9-11-13-14-15-16-17-19-21-23-25-31(39)36-28(29(38)24-22-20-18-12-10-8-6-4-2)27-43-35-34(42)33(41)32(40)30(26-37)44-35/h5,7,11,13,15-16,22,24,28-30,32-35,37-38,40-42H,3-4,6,8-10,12,14,17-21,23,25-27H2,1-2H3,(H,36,39)/b7-5-,13-11-,16-15-,24-22+. The van der Waals surface area contributed by atoms with Crippen molar-refractivity contribution >= 4 is 5.91 Å². The maximum Gasteiger partial charge on any atom is 0.220 e. The van der Waals surface area contributed by atoms with E-state index in [0.717, 1.165) is 57.8 Å². The first-order valence-electron chi connectivity index (χ1n) is 16.9. The highest BCUT2D eigenvalue weighted by atomic mass is 16.7. The Morgan fingerprint density at radius 3 is 2.09 bits per heavy atom. The summed E-state index contributed by atoms with van der Waals surface area (Å²) in [6, 6.07) is -0.816. The van der Waals surface area contributed by atoms with E-state index in [2.05, 4.69) is 55.6 Å². The Morgan fingerprint density at radius 1 is 0.795 bits per heavy atom. The zero-order valence-electron chi connectivity index (χ0n) is 27.1. The van der Waals surface area contributed by atoms with E-state index in [1.807, 2.05) is 6.08 Å². The van der Waals surface area contributed by atoms with Gasteiger partial charge in [-0.15, -0.1) is 0 Å². The molecule has 0 bridgehead atoms. The zero-order chi connectivity index (χ0) is 32.4. The van der Waals surface area contributed by atoms with Gasteiger partial charge in [0, 0.05) is 6.42 Å². The molecule has 0 aromatic heterocycles. The molecule has 0 aliphatic carbocycles. The van der Waals surface area contributed by atoms with Gasteiger partial charge in [-0.05, 0) is 51.4 Å². The summed E-state index contributed by atoms with van der Waals surface area (Å²) in [4.78, 5) is 12.8. The summed E-state index contributed by atoms with van der Waals surface area (Å²) in [7, 11) is 0. The molecule has 254 valence electrons. The van der Waals surface area contributed by atoms with E-state index < -0.39 is 49.5 Å². The molecule has 0 aromatic carbocycles. The van der Waals surface area contributed by atoms with Crippen molar-refractivity contribution in [1.82, 2.24) is 5.32 Å². The van der Waals surface area contributed by atoms with Gasteiger partial charge in [-0.1, -0.05) is 101 Å². The van der Waals surface area contributed by atoms with Gasteiger partial charge in [-0.25, -0.2) is 0 Å². The molecule has 1 aliphatic rings. The Morgan fingerprint density at radius 2 is 1.41 bits per heavy atom. The molecule has 7 unspecified atom stereocenters. The molecule has 9 heteroatoms. The summed E-state index contributed by atoms with van der Waals surface area (Å²) >= 11 is 0. The lowest BCUT2D eigenvalue weighted by Gasteiger charge is -2.40. The molecule has 1 saturated heterocycles. The van der Waals surface area contributed by atoms with E-state index in [1.54, 1.807) is 6.08 Å². The first kappa shape index (κ1) is 40.2. The number of hydrogen-bond acceptors (Lipinski definition) is 8. The van der Waals surface area contributed by atoms with Gasteiger partial charge in [-0.3, -0.25) is 4.79 Å². The summed E-state index contributed by atoms with van der Waals surface area (Å²) in [6.45, 7) is 3.54. The minimum absolute atomic E-state index is 0.203. The van der Waals surface area contributed by atoms with E-state index in [9.17, 15) is 30.3 Å². The first-order valence-corrected chi connectivity index (χ1v) is 16.9. The van der Waals surface area contributed by atoms with Gasteiger partial charge in [0.05, 0.1) is 25.4 Å².